The van der Waals surface area contributed by atoms with Crippen molar-refractivity contribution in [1.82, 2.24) is 5.32 Å². The molecule has 1 rings (SSSR count). The highest BCUT2D eigenvalue weighted by Gasteiger charge is 2.04. The molecular weight excluding hydrogens is 202 g/mol. The molecule has 0 aliphatic carbocycles. The number of hydrogen-bond acceptors (Lipinski definition) is 3. The molecule has 0 atom stereocenters. The van der Waals surface area contributed by atoms with Gasteiger partial charge in [0, 0.05) is 11.4 Å². The largest absolute Gasteiger partial charge is 0.481 e. The van der Waals surface area contributed by atoms with Gasteiger partial charge in [-0.25, -0.2) is 0 Å². The average Bonchev–Trinajstić information content (AvgIpc) is 2.56. The fourth-order valence-corrected chi connectivity index (χ4v) is 1.65. The predicted octanol–water partition coefficient (Wildman–Crippen LogP) is 0.881. The maximum absolute atomic E-state index is 11.2. The van der Waals surface area contributed by atoms with Crippen molar-refractivity contribution >= 4 is 23.2 Å². The number of amides is 1. The SMILES string of the molecule is O=C(O)CCNC(=O)Cc1cccs1. The van der Waals surface area contributed by atoms with E-state index in [0.717, 1.165) is 4.88 Å². The van der Waals surface area contributed by atoms with E-state index in [-0.39, 0.29) is 18.9 Å². The Morgan fingerprint density at radius 3 is 2.86 bits per heavy atom. The summed E-state index contributed by atoms with van der Waals surface area (Å²) in [5.41, 5.74) is 0. The van der Waals surface area contributed by atoms with E-state index < -0.39 is 5.97 Å². The van der Waals surface area contributed by atoms with Gasteiger partial charge < -0.3 is 10.4 Å². The maximum atomic E-state index is 11.2. The zero-order valence-electron chi connectivity index (χ0n) is 7.53. The number of rotatable bonds is 5. The van der Waals surface area contributed by atoms with E-state index in [1.807, 2.05) is 17.5 Å². The highest BCUT2D eigenvalue weighted by atomic mass is 32.1. The van der Waals surface area contributed by atoms with E-state index in [4.69, 9.17) is 5.11 Å². The Morgan fingerprint density at radius 1 is 1.50 bits per heavy atom. The molecule has 5 heteroatoms. The van der Waals surface area contributed by atoms with Crippen LogP contribution in [0.4, 0.5) is 0 Å². The van der Waals surface area contributed by atoms with Crippen LogP contribution in [0.15, 0.2) is 17.5 Å². The lowest BCUT2D eigenvalue weighted by molar-refractivity contribution is -0.136. The van der Waals surface area contributed by atoms with Crippen LogP contribution < -0.4 is 5.32 Å². The minimum atomic E-state index is -0.901. The molecule has 0 fully saturated rings. The molecule has 1 amide bonds. The molecule has 2 N–H and O–H groups in total. The molecular formula is C9H11NO3S. The van der Waals surface area contributed by atoms with Crippen molar-refractivity contribution in [1.29, 1.82) is 0 Å². The van der Waals surface area contributed by atoms with Crippen molar-refractivity contribution in [2.45, 2.75) is 12.8 Å². The van der Waals surface area contributed by atoms with Crippen LogP contribution in [-0.4, -0.2) is 23.5 Å². The number of aliphatic carboxylic acids is 1. The first-order valence-corrected chi connectivity index (χ1v) is 5.07. The second kappa shape index (κ2) is 5.39. The number of carboxylic acids is 1. The topological polar surface area (TPSA) is 66.4 Å². The van der Waals surface area contributed by atoms with Crippen LogP contribution in [0.5, 0.6) is 0 Å². The molecule has 1 aromatic rings. The predicted molar refractivity (Wildman–Crippen MR) is 53.3 cm³/mol. The molecule has 0 spiro atoms. The molecule has 0 unspecified atom stereocenters. The molecule has 1 aromatic heterocycles. The third-order valence-electron chi connectivity index (χ3n) is 1.58. The van der Waals surface area contributed by atoms with Crippen LogP contribution in [0.25, 0.3) is 0 Å². The number of nitrogens with one attached hydrogen (secondary N) is 1. The molecule has 0 aliphatic rings. The Kier molecular flexibility index (Phi) is 4.12. The summed E-state index contributed by atoms with van der Waals surface area (Å²) in [4.78, 5) is 22.3. The van der Waals surface area contributed by atoms with Gasteiger partial charge in [0.1, 0.15) is 0 Å². The van der Waals surface area contributed by atoms with E-state index in [9.17, 15) is 9.59 Å². The van der Waals surface area contributed by atoms with E-state index in [0.29, 0.717) is 6.42 Å². The first-order chi connectivity index (χ1) is 6.68. The fourth-order valence-electron chi connectivity index (χ4n) is 0.943. The molecule has 0 radical (unpaired) electrons. The molecule has 1 heterocycles. The van der Waals surface area contributed by atoms with Gasteiger partial charge in [-0.15, -0.1) is 11.3 Å². The first-order valence-electron chi connectivity index (χ1n) is 4.19. The van der Waals surface area contributed by atoms with Crippen molar-refractivity contribution in [3.05, 3.63) is 22.4 Å². The molecule has 0 saturated carbocycles. The van der Waals surface area contributed by atoms with Crippen molar-refractivity contribution in [2.24, 2.45) is 0 Å². The third kappa shape index (κ3) is 4.04. The minimum Gasteiger partial charge on any atom is -0.481 e. The number of hydrogen-bond donors (Lipinski definition) is 2. The highest BCUT2D eigenvalue weighted by molar-refractivity contribution is 7.10. The zero-order valence-corrected chi connectivity index (χ0v) is 8.34. The van der Waals surface area contributed by atoms with E-state index in [1.54, 1.807) is 0 Å². The molecule has 0 saturated heterocycles. The van der Waals surface area contributed by atoms with Crippen molar-refractivity contribution in [3.8, 4) is 0 Å². The first kappa shape index (κ1) is 10.7. The van der Waals surface area contributed by atoms with Crippen LogP contribution in [0.2, 0.25) is 0 Å². The van der Waals surface area contributed by atoms with Crippen LogP contribution in [0, 0.1) is 0 Å². The molecule has 76 valence electrons. The normalized spacial score (nSPS) is 9.71. The Labute approximate surface area is 85.6 Å². The Balaban J connectivity index is 2.20. The number of carbonyl (C=O) groups excluding carboxylic acids is 1. The van der Waals surface area contributed by atoms with Crippen LogP contribution in [-0.2, 0) is 16.0 Å². The quantitative estimate of drug-likeness (QED) is 0.763. The van der Waals surface area contributed by atoms with Gasteiger partial charge in [-0.3, -0.25) is 9.59 Å². The molecule has 0 aromatic carbocycles. The van der Waals surface area contributed by atoms with Crippen molar-refractivity contribution in [2.75, 3.05) is 6.54 Å². The van der Waals surface area contributed by atoms with Gasteiger partial charge in [0.05, 0.1) is 12.8 Å². The molecule has 0 aliphatic heterocycles. The minimum absolute atomic E-state index is 0.0316. The van der Waals surface area contributed by atoms with Gasteiger partial charge >= 0.3 is 5.97 Å². The molecule has 14 heavy (non-hydrogen) atoms. The van der Waals surface area contributed by atoms with Gasteiger partial charge in [-0.1, -0.05) is 6.07 Å². The van der Waals surface area contributed by atoms with Crippen LogP contribution >= 0.6 is 11.3 Å². The van der Waals surface area contributed by atoms with Gasteiger partial charge in [0.2, 0.25) is 5.91 Å². The summed E-state index contributed by atoms with van der Waals surface area (Å²) < 4.78 is 0. The summed E-state index contributed by atoms with van der Waals surface area (Å²) in [6, 6.07) is 3.76. The van der Waals surface area contributed by atoms with E-state index in [2.05, 4.69) is 5.32 Å². The van der Waals surface area contributed by atoms with Crippen LogP contribution in [0.3, 0.4) is 0 Å². The fraction of sp³-hybridized carbons (Fsp3) is 0.333. The van der Waals surface area contributed by atoms with Gasteiger partial charge in [-0.2, -0.15) is 0 Å². The van der Waals surface area contributed by atoms with E-state index >= 15 is 0 Å². The molecule has 0 bridgehead atoms. The molecule has 4 nitrogen and oxygen atoms in total. The second-order valence-electron chi connectivity index (χ2n) is 2.75. The van der Waals surface area contributed by atoms with Crippen molar-refractivity contribution < 1.29 is 14.7 Å². The number of thiophene rings is 1. The Morgan fingerprint density at radius 2 is 2.29 bits per heavy atom. The average molecular weight is 213 g/mol. The summed E-state index contributed by atoms with van der Waals surface area (Å²) in [5, 5.41) is 12.8. The lowest BCUT2D eigenvalue weighted by atomic mass is 10.3. The lowest BCUT2D eigenvalue weighted by Gasteiger charge is -2.01. The summed E-state index contributed by atoms with van der Waals surface area (Å²) in [7, 11) is 0. The maximum Gasteiger partial charge on any atom is 0.305 e. The smallest absolute Gasteiger partial charge is 0.305 e. The number of carbonyl (C=O) groups is 2. The Hall–Kier alpha value is -1.36. The van der Waals surface area contributed by atoms with Gasteiger partial charge in [0.25, 0.3) is 0 Å². The van der Waals surface area contributed by atoms with E-state index in [1.165, 1.54) is 11.3 Å². The Bertz CT molecular complexity index is 308. The standard InChI is InChI=1S/C9H11NO3S/c11-8(10-4-3-9(12)13)6-7-2-1-5-14-7/h1-2,5H,3-4,6H2,(H,10,11)(H,12,13). The lowest BCUT2D eigenvalue weighted by Crippen LogP contribution is -2.27. The van der Waals surface area contributed by atoms with Gasteiger partial charge in [0.15, 0.2) is 0 Å². The van der Waals surface area contributed by atoms with Crippen LogP contribution in [0.1, 0.15) is 11.3 Å². The second-order valence-corrected chi connectivity index (χ2v) is 3.78. The third-order valence-corrected chi connectivity index (χ3v) is 2.45. The van der Waals surface area contributed by atoms with Gasteiger partial charge in [-0.05, 0) is 11.4 Å². The van der Waals surface area contributed by atoms with Crippen molar-refractivity contribution in [3.63, 3.8) is 0 Å². The summed E-state index contributed by atoms with van der Waals surface area (Å²) in [6.07, 6.45) is 0.299. The highest BCUT2D eigenvalue weighted by Crippen LogP contribution is 2.08. The zero-order chi connectivity index (χ0) is 10.4. The summed E-state index contributed by atoms with van der Waals surface area (Å²) in [6.45, 7) is 0.194. The number of carboxylic acid groups (broad SMARTS) is 1. The summed E-state index contributed by atoms with van der Waals surface area (Å²) in [5.74, 6) is -1.03. The monoisotopic (exact) mass is 213 g/mol. The summed E-state index contributed by atoms with van der Waals surface area (Å²) >= 11 is 1.51.